The van der Waals surface area contributed by atoms with E-state index in [-0.39, 0.29) is 5.69 Å². The fraction of sp³-hybridized carbons (Fsp3) is 0.125. The summed E-state index contributed by atoms with van der Waals surface area (Å²) < 4.78 is 5.32. The van der Waals surface area contributed by atoms with E-state index in [9.17, 15) is 19.6 Å². The number of ether oxygens (including phenoxy) is 1. The molecule has 24 heavy (non-hydrogen) atoms. The summed E-state index contributed by atoms with van der Waals surface area (Å²) in [6, 6.07) is 10.2. The molecule has 2 rings (SSSR count). The van der Waals surface area contributed by atoms with Gasteiger partial charge in [-0.05, 0) is 37.3 Å². The second-order valence-electron chi connectivity index (χ2n) is 4.89. The van der Waals surface area contributed by atoms with Crippen LogP contribution in [0.5, 0.6) is 0 Å². The van der Waals surface area contributed by atoms with E-state index in [0.29, 0.717) is 16.0 Å². The highest BCUT2D eigenvalue weighted by Gasteiger charge is 2.23. The predicted molar refractivity (Wildman–Crippen MR) is 83.9 cm³/mol. The molecular formula is C16H15N3O5. The molecule has 0 radical (unpaired) electrons. The van der Waals surface area contributed by atoms with Crippen LogP contribution in [0.25, 0.3) is 0 Å². The number of carbonyl (C=O) groups excluding carboxylic acids is 3. The van der Waals surface area contributed by atoms with Crippen LogP contribution in [0.2, 0.25) is 0 Å². The number of nitrogens with one attached hydrogen (secondary N) is 1. The summed E-state index contributed by atoms with van der Waals surface area (Å²) in [5, 5.41) is 14.0. The van der Waals surface area contributed by atoms with E-state index in [1.54, 1.807) is 0 Å². The Morgan fingerprint density at radius 1 is 1.17 bits per heavy atom. The molecule has 0 saturated carbocycles. The van der Waals surface area contributed by atoms with Crippen molar-refractivity contribution in [3.05, 3.63) is 65.1 Å². The number of anilines is 1. The minimum atomic E-state index is -1.12. The third-order valence-corrected chi connectivity index (χ3v) is 3.12. The second kappa shape index (κ2) is 7.23. The van der Waals surface area contributed by atoms with Gasteiger partial charge in [-0.25, -0.2) is 4.79 Å². The van der Waals surface area contributed by atoms with Gasteiger partial charge in [0.05, 0.1) is 0 Å². The van der Waals surface area contributed by atoms with Crippen molar-refractivity contribution in [3.63, 3.8) is 0 Å². The molecule has 0 saturated heterocycles. The Balaban J connectivity index is 1.98. The monoisotopic (exact) mass is 329 g/mol. The first-order chi connectivity index (χ1) is 11.4. The fourth-order valence-corrected chi connectivity index (χ4v) is 1.82. The molecule has 8 heteroatoms. The molecule has 0 aliphatic heterocycles. The van der Waals surface area contributed by atoms with Crippen molar-refractivity contribution in [1.29, 1.82) is 0 Å². The van der Waals surface area contributed by atoms with E-state index in [1.807, 2.05) is 0 Å². The largest absolute Gasteiger partial charge is 0.618 e. The van der Waals surface area contributed by atoms with Crippen molar-refractivity contribution < 1.29 is 23.9 Å². The molecule has 0 aliphatic rings. The van der Waals surface area contributed by atoms with Gasteiger partial charge in [-0.15, -0.1) is 0 Å². The number of rotatable bonds is 5. The molecule has 0 bridgehead atoms. The number of nitrogens with zero attached hydrogens (tertiary/aromatic N) is 1. The molecule has 1 atom stereocenters. The minimum absolute atomic E-state index is 0.219. The van der Waals surface area contributed by atoms with Crippen molar-refractivity contribution in [2.75, 3.05) is 5.32 Å². The summed E-state index contributed by atoms with van der Waals surface area (Å²) in [5.74, 6) is -2.06. The number of carbonyl (C=O) groups is 3. The van der Waals surface area contributed by atoms with Gasteiger partial charge in [-0.1, -0.05) is 0 Å². The second-order valence-corrected chi connectivity index (χ2v) is 4.89. The highest BCUT2D eigenvalue weighted by atomic mass is 16.6. The number of pyridine rings is 1. The maximum absolute atomic E-state index is 12.0. The lowest BCUT2D eigenvalue weighted by molar-refractivity contribution is -0.608. The van der Waals surface area contributed by atoms with Gasteiger partial charge in [-0.3, -0.25) is 9.59 Å². The number of aromatic nitrogens is 1. The Morgan fingerprint density at radius 3 is 2.42 bits per heavy atom. The zero-order valence-corrected chi connectivity index (χ0v) is 12.8. The van der Waals surface area contributed by atoms with Crippen molar-refractivity contribution in [1.82, 2.24) is 0 Å². The van der Waals surface area contributed by atoms with Gasteiger partial charge >= 0.3 is 11.7 Å². The van der Waals surface area contributed by atoms with E-state index >= 15 is 0 Å². The van der Waals surface area contributed by atoms with Crippen LogP contribution in [0.3, 0.4) is 0 Å². The maximum Gasteiger partial charge on any atom is 0.405 e. The topological polar surface area (TPSA) is 125 Å². The molecule has 0 fully saturated rings. The highest BCUT2D eigenvalue weighted by Crippen LogP contribution is 2.10. The Morgan fingerprint density at radius 2 is 1.83 bits per heavy atom. The van der Waals surface area contributed by atoms with Crippen molar-refractivity contribution in [3.8, 4) is 0 Å². The van der Waals surface area contributed by atoms with Crippen molar-refractivity contribution in [2.24, 2.45) is 5.73 Å². The molecule has 8 nitrogen and oxygen atoms in total. The quantitative estimate of drug-likeness (QED) is 0.472. The highest BCUT2D eigenvalue weighted by molar-refractivity contribution is 5.97. The molecule has 1 aromatic carbocycles. The molecule has 2 amide bonds. The van der Waals surface area contributed by atoms with Crippen LogP contribution in [0.15, 0.2) is 48.7 Å². The number of primary amides is 1. The lowest BCUT2D eigenvalue weighted by Crippen LogP contribution is -2.37. The zero-order chi connectivity index (χ0) is 17.7. The van der Waals surface area contributed by atoms with Crippen molar-refractivity contribution in [2.45, 2.75) is 13.0 Å². The Kier molecular flexibility index (Phi) is 5.10. The molecule has 0 spiro atoms. The fourth-order valence-electron chi connectivity index (χ4n) is 1.82. The van der Waals surface area contributed by atoms with Gasteiger partial charge < -0.3 is 21.0 Å². The van der Waals surface area contributed by atoms with E-state index < -0.39 is 23.9 Å². The third-order valence-electron chi connectivity index (χ3n) is 3.12. The Labute approximate surface area is 137 Å². The van der Waals surface area contributed by atoms with Crippen LogP contribution in [-0.4, -0.2) is 23.9 Å². The van der Waals surface area contributed by atoms with Gasteiger partial charge in [0.1, 0.15) is 0 Å². The molecule has 124 valence electrons. The average Bonchev–Trinajstić information content (AvgIpc) is 2.55. The van der Waals surface area contributed by atoms with Gasteiger partial charge in [0.25, 0.3) is 5.91 Å². The number of hydrogen-bond acceptors (Lipinski definition) is 5. The van der Waals surface area contributed by atoms with Gasteiger partial charge in [0, 0.05) is 23.4 Å². The van der Waals surface area contributed by atoms with Crippen LogP contribution in [-0.2, 0) is 9.53 Å². The van der Waals surface area contributed by atoms with Crippen LogP contribution >= 0.6 is 0 Å². The lowest BCUT2D eigenvalue weighted by atomic mass is 10.2. The molecule has 2 aromatic rings. The first-order valence-corrected chi connectivity index (χ1v) is 6.98. The average molecular weight is 329 g/mol. The summed E-state index contributed by atoms with van der Waals surface area (Å²) in [6.07, 6.45) is 0.0373. The van der Waals surface area contributed by atoms with Gasteiger partial charge in [0.15, 0.2) is 12.3 Å². The standard InChI is InChI=1S/C16H15N3O5/c1-10(24-16(22)13-4-2-3-9-19(13)23)15(21)18-12-7-5-11(6-8-12)14(17)20/h2-10H,1H3,(H2,17,20)(H,18,21)/t10-/m1/s1. The predicted octanol–water partition coefficient (Wildman–Crippen LogP) is 0.603. The number of nitrogens with two attached hydrogens (primary N) is 1. The Hall–Kier alpha value is -3.42. The van der Waals surface area contributed by atoms with Crippen LogP contribution < -0.4 is 15.8 Å². The lowest BCUT2D eigenvalue weighted by Gasteiger charge is -2.13. The van der Waals surface area contributed by atoms with E-state index in [1.165, 1.54) is 49.4 Å². The number of amides is 2. The number of esters is 1. The Bertz CT molecular complexity index is 774. The van der Waals surface area contributed by atoms with Crippen LogP contribution in [0, 0.1) is 5.21 Å². The zero-order valence-electron chi connectivity index (χ0n) is 12.8. The minimum Gasteiger partial charge on any atom is -0.618 e. The van der Waals surface area contributed by atoms with Crippen LogP contribution in [0.4, 0.5) is 5.69 Å². The summed E-state index contributed by atoms with van der Waals surface area (Å²) >= 11 is 0. The third kappa shape index (κ3) is 4.07. The van der Waals surface area contributed by atoms with Crippen molar-refractivity contribution >= 4 is 23.5 Å². The van der Waals surface area contributed by atoms with Crippen LogP contribution in [0.1, 0.15) is 27.8 Å². The normalized spacial score (nSPS) is 11.4. The molecule has 0 aliphatic carbocycles. The summed E-state index contributed by atoms with van der Waals surface area (Å²) in [7, 11) is 0. The molecule has 3 N–H and O–H groups in total. The summed E-state index contributed by atoms with van der Waals surface area (Å²) in [6.45, 7) is 1.38. The SMILES string of the molecule is C[C@@H](OC(=O)c1cccc[n+]1[O-])C(=O)Nc1ccc(C(N)=O)cc1. The molecule has 1 heterocycles. The summed E-state index contributed by atoms with van der Waals surface area (Å²) in [4.78, 5) is 34.9. The first kappa shape index (κ1) is 16.9. The molecule has 1 aromatic heterocycles. The maximum atomic E-state index is 12.0. The number of benzene rings is 1. The summed E-state index contributed by atoms with van der Waals surface area (Å²) in [5.41, 5.74) is 5.62. The van der Waals surface area contributed by atoms with Gasteiger partial charge in [0.2, 0.25) is 5.91 Å². The molecule has 0 unspecified atom stereocenters. The van der Waals surface area contributed by atoms with E-state index in [2.05, 4.69) is 5.32 Å². The smallest absolute Gasteiger partial charge is 0.405 e. The van der Waals surface area contributed by atoms with Gasteiger partial charge in [-0.2, -0.15) is 4.73 Å². The molecular weight excluding hydrogens is 314 g/mol. The first-order valence-electron chi connectivity index (χ1n) is 6.98. The number of hydrogen-bond donors (Lipinski definition) is 2. The van der Waals surface area contributed by atoms with E-state index in [4.69, 9.17) is 10.5 Å². The van der Waals surface area contributed by atoms with E-state index in [0.717, 1.165) is 6.20 Å².